The van der Waals surface area contributed by atoms with Gasteiger partial charge in [-0.2, -0.15) is 0 Å². The highest BCUT2D eigenvalue weighted by molar-refractivity contribution is 5.77. The highest BCUT2D eigenvalue weighted by atomic mass is 16.5. The van der Waals surface area contributed by atoms with E-state index in [0.717, 1.165) is 6.42 Å². The van der Waals surface area contributed by atoms with Crippen LogP contribution in [-0.2, 0) is 20.7 Å². The molecule has 0 bridgehead atoms. The topological polar surface area (TPSA) is 84.9 Å². The molecule has 1 amide bonds. The van der Waals surface area contributed by atoms with E-state index in [0.29, 0.717) is 5.75 Å². The maximum atomic E-state index is 11.4. The summed E-state index contributed by atoms with van der Waals surface area (Å²) in [6.07, 6.45) is 0.955. The molecule has 0 spiro atoms. The largest absolute Gasteiger partial charge is 0.484 e. The van der Waals surface area contributed by atoms with E-state index in [1.807, 2.05) is 24.3 Å². The second-order valence-corrected chi connectivity index (χ2v) is 4.08. The zero-order valence-electron chi connectivity index (χ0n) is 11.4. The van der Waals surface area contributed by atoms with Crippen LogP contribution in [0.25, 0.3) is 0 Å². The summed E-state index contributed by atoms with van der Waals surface area (Å²) in [5.74, 6) is -0.668. The van der Waals surface area contributed by atoms with Crippen molar-refractivity contribution >= 4 is 11.9 Å². The lowest BCUT2D eigenvalue weighted by molar-refractivity contribution is -0.142. The van der Waals surface area contributed by atoms with Gasteiger partial charge in [-0.15, -0.1) is 0 Å². The van der Waals surface area contributed by atoms with Gasteiger partial charge in [-0.25, -0.2) is 4.79 Å². The number of benzene rings is 1. The number of rotatable bonds is 9. The van der Waals surface area contributed by atoms with Crippen LogP contribution in [0.3, 0.4) is 0 Å². The second kappa shape index (κ2) is 8.92. The summed E-state index contributed by atoms with van der Waals surface area (Å²) in [6, 6.07) is 7.55. The standard InChI is InChI=1S/C14H19NO5/c1-2-11-3-5-12(6-4-11)20-9-13(16)15-7-8-19-10-14(17)18/h3-6H,2,7-10H2,1H3,(H,15,16)(H,17,18). The van der Waals surface area contributed by atoms with Crippen LogP contribution in [-0.4, -0.2) is 43.3 Å². The Balaban J connectivity index is 2.14. The number of aliphatic carboxylic acids is 1. The first-order valence-corrected chi connectivity index (χ1v) is 6.39. The predicted molar refractivity (Wildman–Crippen MR) is 72.8 cm³/mol. The third-order valence-corrected chi connectivity index (χ3v) is 2.50. The molecule has 0 aliphatic rings. The Hall–Kier alpha value is -2.08. The number of hydrogen-bond donors (Lipinski definition) is 2. The minimum Gasteiger partial charge on any atom is -0.484 e. The zero-order valence-corrected chi connectivity index (χ0v) is 11.4. The van der Waals surface area contributed by atoms with Crippen LogP contribution in [0.2, 0.25) is 0 Å². The molecule has 0 saturated heterocycles. The summed E-state index contributed by atoms with van der Waals surface area (Å²) in [7, 11) is 0. The SMILES string of the molecule is CCc1ccc(OCC(=O)NCCOCC(=O)O)cc1. The van der Waals surface area contributed by atoms with Crippen molar-refractivity contribution in [2.45, 2.75) is 13.3 Å². The van der Waals surface area contributed by atoms with Crippen LogP contribution >= 0.6 is 0 Å². The molecule has 0 aromatic heterocycles. The van der Waals surface area contributed by atoms with Gasteiger partial charge in [-0.1, -0.05) is 19.1 Å². The van der Waals surface area contributed by atoms with Crippen LogP contribution in [0.15, 0.2) is 24.3 Å². The normalized spacial score (nSPS) is 10.1. The average molecular weight is 281 g/mol. The highest BCUT2D eigenvalue weighted by Gasteiger charge is 2.03. The molecule has 0 fully saturated rings. The summed E-state index contributed by atoms with van der Waals surface area (Å²) in [6.45, 7) is 2.03. The molecular formula is C14H19NO5. The van der Waals surface area contributed by atoms with E-state index in [1.54, 1.807) is 0 Å². The van der Waals surface area contributed by atoms with Crippen molar-refractivity contribution in [1.82, 2.24) is 5.32 Å². The molecule has 1 aromatic rings. The fraction of sp³-hybridized carbons (Fsp3) is 0.429. The van der Waals surface area contributed by atoms with Gasteiger partial charge in [0.05, 0.1) is 6.61 Å². The maximum Gasteiger partial charge on any atom is 0.329 e. The van der Waals surface area contributed by atoms with Gasteiger partial charge in [0.2, 0.25) is 0 Å². The molecule has 6 nitrogen and oxygen atoms in total. The molecule has 1 rings (SSSR count). The third-order valence-electron chi connectivity index (χ3n) is 2.50. The van der Waals surface area contributed by atoms with Gasteiger partial charge < -0.3 is 19.9 Å². The lowest BCUT2D eigenvalue weighted by Crippen LogP contribution is -2.32. The van der Waals surface area contributed by atoms with E-state index in [2.05, 4.69) is 12.2 Å². The maximum absolute atomic E-state index is 11.4. The Morgan fingerprint density at radius 1 is 1.20 bits per heavy atom. The van der Waals surface area contributed by atoms with Gasteiger partial charge in [0, 0.05) is 6.54 Å². The van der Waals surface area contributed by atoms with Gasteiger partial charge in [0.1, 0.15) is 12.4 Å². The first-order chi connectivity index (χ1) is 9.61. The average Bonchev–Trinajstić information content (AvgIpc) is 2.45. The van der Waals surface area contributed by atoms with Crippen LogP contribution in [0, 0.1) is 0 Å². The number of carbonyl (C=O) groups is 2. The van der Waals surface area contributed by atoms with Crippen LogP contribution in [0.4, 0.5) is 0 Å². The van der Waals surface area contributed by atoms with Crippen LogP contribution in [0.5, 0.6) is 5.75 Å². The first kappa shape index (κ1) is 16.0. The number of carboxylic acids is 1. The number of aryl methyl sites for hydroxylation is 1. The number of amides is 1. The molecule has 6 heteroatoms. The fourth-order valence-electron chi connectivity index (χ4n) is 1.44. The van der Waals surface area contributed by atoms with Crippen molar-refractivity contribution in [2.24, 2.45) is 0 Å². The molecule has 20 heavy (non-hydrogen) atoms. The van der Waals surface area contributed by atoms with Crippen molar-refractivity contribution < 1.29 is 24.2 Å². The van der Waals surface area contributed by atoms with E-state index in [4.69, 9.17) is 14.6 Å². The molecule has 0 unspecified atom stereocenters. The van der Waals surface area contributed by atoms with Gasteiger partial charge in [0.15, 0.2) is 6.61 Å². The minimum absolute atomic E-state index is 0.0790. The Labute approximate surface area is 117 Å². The van der Waals surface area contributed by atoms with Crippen molar-refractivity contribution in [3.8, 4) is 5.75 Å². The molecule has 1 aromatic carbocycles. The summed E-state index contributed by atoms with van der Waals surface area (Å²) >= 11 is 0. The van der Waals surface area contributed by atoms with E-state index in [-0.39, 0.29) is 32.3 Å². The number of carboxylic acid groups (broad SMARTS) is 1. The molecule has 0 saturated carbocycles. The van der Waals surface area contributed by atoms with E-state index in [1.165, 1.54) is 5.56 Å². The molecular weight excluding hydrogens is 262 g/mol. The lowest BCUT2D eigenvalue weighted by Gasteiger charge is -2.08. The molecule has 0 aliphatic heterocycles. The summed E-state index contributed by atoms with van der Waals surface area (Å²) in [5, 5.41) is 10.9. The Bertz CT molecular complexity index is 430. The van der Waals surface area contributed by atoms with Gasteiger partial charge >= 0.3 is 5.97 Å². The Morgan fingerprint density at radius 3 is 2.50 bits per heavy atom. The number of carbonyl (C=O) groups excluding carboxylic acids is 1. The first-order valence-electron chi connectivity index (χ1n) is 6.39. The van der Waals surface area contributed by atoms with Crippen LogP contribution in [0.1, 0.15) is 12.5 Å². The summed E-state index contributed by atoms with van der Waals surface area (Å²) in [5.41, 5.74) is 1.21. The third kappa shape index (κ3) is 6.75. The van der Waals surface area contributed by atoms with Crippen LogP contribution < -0.4 is 10.1 Å². The van der Waals surface area contributed by atoms with Gasteiger partial charge in [-0.05, 0) is 24.1 Å². The highest BCUT2D eigenvalue weighted by Crippen LogP contribution is 2.12. The van der Waals surface area contributed by atoms with Gasteiger partial charge in [0.25, 0.3) is 5.91 Å². The fourth-order valence-corrected chi connectivity index (χ4v) is 1.44. The van der Waals surface area contributed by atoms with E-state index >= 15 is 0 Å². The molecule has 0 atom stereocenters. The number of ether oxygens (including phenoxy) is 2. The van der Waals surface area contributed by atoms with Crippen molar-refractivity contribution in [1.29, 1.82) is 0 Å². The summed E-state index contributed by atoms with van der Waals surface area (Å²) < 4.78 is 10.1. The second-order valence-electron chi connectivity index (χ2n) is 4.08. The monoisotopic (exact) mass is 281 g/mol. The quantitative estimate of drug-likeness (QED) is 0.655. The van der Waals surface area contributed by atoms with E-state index in [9.17, 15) is 9.59 Å². The smallest absolute Gasteiger partial charge is 0.329 e. The minimum atomic E-state index is -1.03. The number of nitrogens with one attached hydrogen (secondary N) is 1. The molecule has 2 N–H and O–H groups in total. The van der Waals surface area contributed by atoms with Crippen molar-refractivity contribution in [2.75, 3.05) is 26.4 Å². The zero-order chi connectivity index (χ0) is 14.8. The lowest BCUT2D eigenvalue weighted by atomic mass is 10.2. The van der Waals surface area contributed by atoms with Gasteiger partial charge in [-0.3, -0.25) is 4.79 Å². The number of hydrogen-bond acceptors (Lipinski definition) is 4. The summed E-state index contributed by atoms with van der Waals surface area (Å²) in [4.78, 5) is 21.6. The molecule has 0 heterocycles. The van der Waals surface area contributed by atoms with Crippen molar-refractivity contribution in [3.63, 3.8) is 0 Å². The Morgan fingerprint density at radius 2 is 1.90 bits per heavy atom. The van der Waals surface area contributed by atoms with Crippen molar-refractivity contribution in [3.05, 3.63) is 29.8 Å². The van der Waals surface area contributed by atoms with E-state index < -0.39 is 5.97 Å². The molecule has 110 valence electrons. The molecule has 0 radical (unpaired) electrons. The molecule has 0 aliphatic carbocycles. The Kier molecular flexibility index (Phi) is 7.13. The predicted octanol–water partition coefficient (Wildman–Crippen LogP) is 0.845.